The van der Waals surface area contributed by atoms with Crippen LogP contribution in [0.15, 0.2) is 54.7 Å². The number of aromatic nitrogens is 4. The number of rotatable bonds is 4. The molecular weight excluding hydrogens is 406 g/mol. The highest BCUT2D eigenvalue weighted by atomic mass is 16.6. The zero-order valence-corrected chi connectivity index (χ0v) is 18.7. The Bertz CT molecular complexity index is 1330. The fraction of sp³-hybridized carbons (Fsp3) is 0.250. The standard InChI is InChI=1S/C24H25N5O3/c1-15-8-6-7-9-18(15)29-19(23(31)32-24(2,3)4)14-16-10-11-20(25-21(16)29)26-22(30)17-12-13-28(5)27-17/h6-14H,1-5H3,(H,25,26,30). The molecule has 0 radical (unpaired) electrons. The van der Waals surface area contributed by atoms with Crippen molar-refractivity contribution in [2.75, 3.05) is 5.32 Å². The molecule has 1 aromatic carbocycles. The first-order chi connectivity index (χ1) is 15.1. The van der Waals surface area contributed by atoms with Gasteiger partial charge in [0.15, 0.2) is 5.69 Å². The van der Waals surface area contributed by atoms with E-state index < -0.39 is 11.6 Å². The number of anilines is 1. The molecule has 0 unspecified atom stereocenters. The van der Waals surface area contributed by atoms with Gasteiger partial charge >= 0.3 is 5.97 Å². The van der Waals surface area contributed by atoms with Crippen molar-refractivity contribution < 1.29 is 14.3 Å². The summed E-state index contributed by atoms with van der Waals surface area (Å²) in [6.45, 7) is 7.45. The Labute approximate surface area is 185 Å². The Hall–Kier alpha value is -3.94. The van der Waals surface area contributed by atoms with Crippen LogP contribution in [0.2, 0.25) is 0 Å². The Balaban J connectivity index is 1.82. The Morgan fingerprint density at radius 3 is 2.47 bits per heavy atom. The number of hydrogen-bond donors (Lipinski definition) is 1. The van der Waals surface area contributed by atoms with Crippen molar-refractivity contribution in [2.45, 2.75) is 33.3 Å². The normalized spacial score (nSPS) is 11.5. The topological polar surface area (TPSA) is 91.0 Å². The lowest BCUT2D eigenvalue weighted by atomic mass is 10.2. The van der Waals surface area contributed by atoms with Crippen LogP contribution in [0.4, 0.5) is 5.82 Å². The molecule has 4 rings (SSSR count). The molecule has 0 fully saturated rings. The van der Waals surface area contributed by atoms with Crippen molar-refractivity contribution in [1.29, 1.82) is 0 Å². The van der Waals surface area contributed by atoms with Gasteiger partial charge in [0, 0.05) is 18.6 Å². The average Bonchev–Trinajstić information content (AvgIpc) is 3.31. The zero-order valence-electron chi connectivity index (χ0n) is 18.7. The number of fused-ring (bicyclic) bond motifs is 1. The van der Waals surface area contributed by atoms with Crippen LogP contribution in [0.25, 0.3) is 16.7 Å². The van der Waals surface area contributed by atoms with E-state index in [4.69, 9.17) is 4.74 Å². The van der Waals surface area contributed by atoms with Crippen molar-refractivity contribution in [3.05, 3.63) is 71.7 Å². The molecule has 8 heteroatoms. The summed E-state index contributed by atoms with van der Waals surface area (Å²) in [5, 5.41) is 7.65. The smallest absolute Gasteiger partial charge is 0.355 e. The number of carbonyl (C=O) groups is 2. The van der Waals surface area contributed by atoms with Crippen molar-refractivity contribution in [2.24, 2.45) is 7.05 Å². The predicted octanol–water partition coefficient (Wildman–Crippen LogP) is 4.28. The van der Waals surface area contributed by atoms with Crippen LogP contribution in [-0.2, 0) is 11.8 Å². The van der Waals surface area contributed by atoms with E-state index in [0.29, 0.717) is 17.2 Å². The Kier molecular flexibility index (Phi) is 5.30. The summed E-state index contributed by atoms with van der Waals surface area (Å²) >= 11 is 0. The van der Waals surface area contributed by atoms with Gasteiger partial charge in [-0.3, -0.25) is 14.0 Å². The third-order valence-corrected chi connectivity index (χ3v) is 4.80. The van der Waals surface area contributed by atoms with E-state index in [1.165, 1.54) is 0 Å². The van der Waals surface area contributed by atoms with Crippen molar-refractivity contribution in [3.8, 4) is 5.69 Å². The van der Waals surface area contributed by atoms with Gasteiger partial charge in [-0.25, -0.2) is 9.78 Å². The highest BCUT2D eigenvalue weighted by Crippen LogP contribution is 2.28. The van der Waals surface area contributed by atoms with Gasteiger partial charge in [-0.15, -0.1) is 0 Å². The number of nitrogens with zero attached hydrogens (tertiary/aromatic N) is 4. The number of carbonyl (C=O) groups excluding carboxylic acids is 2. The molecule has 0 atom stereocenters. The average molecular weight is 431 g/mol. The van der Waals surface area contributed by atoms with Crippen LogP contribution in [0.5, 0.6) is 0 Å². The number of esters is 1. The molecular formula is C24H25N5O3. The molecule has 0 spiro atoms. The molecule has 0 aliphatic carbocycles. The monoisotopic (exact) mass is 431 g/mol. The highest BCUT2D eigenvalue weighted by Gasteiger charge is 2.24. The maximum atomic E-state index is 13.0. The number of hydrogen-bond acceptors (Lipinski definition) is 5. The van der Waals surface area contributed by atoms with Crippen LogP contribution in [0.1, 0.15) is 47.3 Å². The van der Waals surface area contributed by atoms with Crippen LogP contribution >= 0.6 is 0 Å². The van der Waals surface area contributed by atoms with Crippen LogP contribution < -0.4 is 5.32 Å². The number of nitrogens with one attached hydrogen (secondary N) is 1. The molecule has 0 bridgehead atoms. The number of aryl methyl sites for hydroxylation is 2. The van der Waals surface area contributed by atoms with E-state index in [2.05, 4.69) is 15.4 Å². The minimum absolute atomic E-state index is 0.290. The van der Waals surface area contributed by atoms with Gasteiger partial charge in [-0.2, -0.15) is 5.10 Å². The number of benzene rings is 1. The summed E-state index contributed by atoms with van der Waals surface area (Å²) in [6, 6.07) is 14.6. The molecule has 32 heavy (non-hydrogen) atoms. The first-order valence-electron chi connectivity index (χ1n) is 10.3. The second-order valence-electron chi connectivity index (χ2n) is 8.59. The lowest BCUT2D eigenvalue weighted by Gasteiger charge is -2.20. The van der Waals surface area contributed by atoms with Crippen molar-refractivity contribution >= 4 is 28.7 Å². The zero-order chi connectivity index (χ0) is 23.0. The van der Waals surface area contributed by atoms with Crippen LogP contribution in [-0.4, -0.2) is 36.8 Å². The van der Waals surface area contributed by atoms with E-state index in [9.17, 15) is 9.59 Å². The first kappa shape index (κ1) is 21.3. The number of ether oxygens (including phenoxy) is 1. The third-order valence-electron chi connectivity index (χ3n) is 4.80. The molecule has 0 saturated carbocycles. The number of para-hydroxylation sites is 1. The van der Waals surface area contributed by atoms with Crippen LogP contribution in [0.3, 0.4) is 0 Å². The lowest BCUT2D eigenvalue weighted by molar-refractivity contribution is 0.00608. The van der Waals surface area contributed by atoms with E-state index in [0.717, 1.165) is 16.6 Å². The molecule has 1 N–H and O–H groups in total. The van der Waals surface area contributed by atoms with Gasteiger partial charge in [0.05, 0.1) is 5.69 Å². The quantitative estimate of drug-likeness (QED) is 0.487. The molecule has 3 aromatic heterocycles. The predicted molar refractivity (Wildman–Crippen MR) is 122 cm³/mol. The SMILES string of the molecule is Cc1ccccc1-n1c(C(=O)OC(C)(C)C)cc2ccc(NC(=O)c3ccn(C)n3)nc21. The fourth-order valence-electron chi connectivity index (χ4n) is 3.40. The summed E-state index contributed by atoms with van der Waals surface area (Å²) in [5.74, 6) is -0.450. The van der Waals surface area contributed by atoms with Crippen molar-refractivity contribution in [1.82, 2.24) is 19.3 Å². The number of pyridine rings is 1. The fourth-order valence-corrected chi connectivity index (χ4v) is 3.40. The Morgan fingerprint density at radius 2 is 1.81 bits per heavy atom. The minimum atomic E-state index is -0.640. The van der Waals surface area contributed by atoms with Gasteiger partial charge in [0.25, 0.3) is 5.91 Å². The molecule has 1 amide bonds. The van der Waals surface area contributed by atoms with Crippen molar-refractivity contribution in [3.63, 3.8) is 0 Å². The molecule has 0 saturated heterocycles. The first-order valence-corrected chi connectivity index (χ1v) is 10.3. The maximum Gasteiger partial charge on any atom is 0.355 e. The van der Waals surface area contributed by atoms with Gasteiger partial charge in [0.1, 0.15) is 22.8 Å². The molecule has 0 aliphatic rings. The summed E-state index contributed by atoms with van der Waals surface area (Å²) in [7, 11) is 1.74. The van der Waals surface area contributed by atoms with Crippen LogP contribution in [0, 0.1) is 6.92 Å². The minimum Gasteiger partial charge on any atom is -0.455 e. The molecule has 4 aromatic rings. The molecule has 3 heterocycles. The van der Waals surface area contributed by atoms with Gasteiger partial charge in [0.2, 0.25) is 0 Å². The molecule has 8 nitrogen and oxygen atoms in total. The van der Waals surface area contributed by atoms with E-state index in [-0.39, 0.29) is 11.6 Å². The lowest BCUT2D eigenvalue weighted by Crippen LogP contribution is -2.25. The summed E-state index contributed by atoms with van der Waals surface area (Å²) in [4.78, 5) is 30.2. The van der Waals surface area contributed by atoms with Gasteiger partial charge in [-0.05, 0) is 63.6 Å². The largest absolute Gasteiger partial charge is 0.455 e. The summed E-state index contributed by atoms with van der Waals surface area (Å²) in [6.07, 6.45) is 1.70. The van der Waals surface area contributed by atoms with Gasteiger partial charge in [-0.1, -0.05) is 18.2 Å². The number of amides is 1. The summed E-state index contributed by atoms with van der Waals surface area (Å²) < 4.78 is 8.97. The molecule has 0 aliphatic heterocycles. The highest BCUT2D eigenvalue weighted by molar-refractivity contribution is 6.03. The second-order valence-corrected chi connectivity index (χ2v) is 8.59. The van der Waals surface area contributed by atoms with E-state index in [1.54, 1.807) is 40.7 Å². The molecule has 164 valence electrons. The summed E-state index contributed by atoms with van der Waals surface area (Å²) in [5.41, 5.74) is 2.34. The second kappa shape index (κ2) is 7.96. The van der Waals surface area contributed by atoms with E-state index >= 15 is 0 Å². The maximum absolute atomic E-state index is 13.0. The van der Waals surface area contributed by atoms with E-state index in [1.807, 2.05) is 58.0 Å². The Morgan fingerprint density at radius 1 is 1.06 bits per heavy atom. The van der Waals surface area contributed by atoms with Gasteiger partial charge < -0.3 is 10.1 Å². The third kappa shape index (κ3) is 4.25.